The van der Waals surface area contributed by atoms with Crippen LogP contribution in [-0.4, -0.2) is 10.9 Å². The van der Waals surface area contributed by atoms with E-state index in [1.54, 1.807) is 18.3 Å². The van der Waals surface area contributed by atoms with Crippen LogP contribution in [0.15, 0.2) is 42.6 Å². The summed E-state index contributed by atoms with van der Waals surface area (Å²) >= 11 is 0. The molecule has 3 nitrogen and oxygen atoms in total. The Morgan fingerprint density at radius 2 is 2.19 bits per heavy atom. The van der Waals surface area contributed by atoms with E-state index in [1.165, 1.54) is 5.56 Å². The van der Waals surface area contributed by atoms with Crippen molar-refractivity contribution < 1.29 is 4.79 Å². The SMILES string of the molecule is CCc1cccc(NC(=O)c2ccc[nH]2)c1. The van der Waals surface area contributed by atoms with Crippen molar-refractivity contribution in [3.05, 3.63) is 53.9 Å². The highest BCUT2D eigenvalue weighted by Gasteiger charge is 2.05. The maximum absolute atomic E-state index is 11.7. The van der Waals surface area contributed by atoms with E-state index in [-0.39, 0.29) is 5.91 Å². The summed E-state index contributed by atoms with van der Waals surface area (Å²) in [5, 5.41) is 2.85. The Balaban J connectivity index is 2.12. The largest absolute Gasteiger partial charge is 0.357 e. The van der Waals surface area contributed by atoms with Gasteiger partial charge in [-0.25, -0.2) is 0 Å². The number of hydrogen-bond acceptors (Lipinski definition) is 1. The Labute approximate surface area is 94.5 Å². The molecule has 3 heteroatoms. The molecule has 1 amide bonds. The van der Waals surface area contributed by atoms with Crippen molar-refractivity contribution in [3.8, 4) is 0 Å². The van der Waals surface area contributed by atoms with Crippen LogP contribution in [0.4, 0.5) is 5.69 Å². The van der Waals surface area contributed by atoms with E-state index >= 15 is 0 Å². The molecule has 1 aromatic heterocycles. The normalized spacial score (nSPS) is 10.1. The molecule has 82 valence electrons. The molecule has 0 aliphatic carbocycles. The Morgan fingerprint density at radius 1 is 1.31 bits per heavy atom. The maximum Gasteiger partial charge on any atom is 0.272 e. The van der Waals surface area contributed by atoms with E-state index in [0.29, 0.717) is 5.69 Å². The summed E-state index contributed by atoms with van der Waals surface area (Å²) in [4.78, 5) is 14.6. The quantitative estimate of drug-likeness (QED) is 0.810. The van der Waals surface area contributed by atoms with Crippen molar-refractivity contribution in [3.63, 3.8) is 0 Å². The van der Waals surface area contributed by atoms with Crippen molar-refractivity contribution >= 4 is 11.6 Å². The highest BCUT2D eigenvalue weighted by atomic mass is 16.1. The summed E-state index contributed by atoms with van der Waals surface area (Å²) in [5.41, 5.74) is 2.62. The van der Waals surface area contributed by atoms with E-state index in [2.05, 4.69) is 17.2 Å². The van der Waals surface area contributed by atoms with Crippen LogP contribution < -0.4 is 5.32 Å². The van der Waals surface area contributed by atoms with Gasteiger partial charge in [0.15, 0.2) is 0 Å². The van der Waals surface area contributed by atoms with Crippen LogP contribution in [0.5, 0.6) is 0 Å². The molecule has 0 bridgehead atoms. The minimum atomic E-state index is -0.113. The number of rotatable bonds is 3. The Kier molecular flexibility index (Phi) is 3.05. The van der Waals surface area contributed by atoms with E-state index in [9.17, 15) is 4.79 Å². The average Bonchev–Trinajstić information content (AvgIpc) is 2.83. The van der Waals surface area contributed by atoms with Crippen LogP contribution in [0.1, 0.15) is 23.0 Å². The fourth-order valence-electron chi connectivity index (χ4n) is 1.54. The fourth-order valence-corrected chi connectivity index (χ4v) is 1.54. The second kappa shape index (κ2) is 4.66. The molecule has 1 aromatic carbocycles. The Morgan fingerprint density at radius 3 is 2.88 bits per heavy atom. The third-order valence-electron chi connectivity index (χ3n) is 2.44. The van der Waals surface area contributed by atoms with Gasteiger partial charge in [0.2, 0.25) is 0 Å². The Bertz CT molecular complexity index is 474. The topological polar surface area (TPSA) is 44.9 Å². The van der Waals surface area contributed by atoms with Gasteiger partial charge in [0.1, 0.15) is 5.69 Å². The lowest BCUT2D eigenvalue weighted by Gasteiger charge is -2.05. The first kappa shape index (κ1) is 10.5. The van der Waals surface area contributed by atoms with Gasteiger partial charge in [-0.15, -0.1) is 0 Å². The van der Waals surface area contributed by atoms with Gasteiger partial charge in [0.25, 0.3) is 5.91 Å². The summed E-state index contributed by atoms with van der Waals surface area (Å²) < 4.78 is 0. The second-order valence-corrected chi connectivity index (χ2v) is 3.59. The first-order chi connectivity index (χ1) is 7.79. The zero-order chi connectivity index (χ0) is 11.4. The van der Waals surface area contributed by atoms with Crippen molar-refractivity contribution in [2.45, 2.75) is 13.3 Å². The van der Waals surface area contributed by atoms with Gasteiger partial charge >= 0.3 is 0 Å². The van der Waals surface area contributed by atoms with Crippen LogP contribution in [-0.2, 0) is 6.42 Å². The van der Waals surface area contributed by atoms with E-state index in [1.807, 2.05) is 24.3 Å². The summed E-state index contributed by atoms with van der Waals surface area (Å²) in [5.74, 6) is -0.113. The number of nitrogens with one attached hydrogen (secondary N) is 2. The van der Waals surface area contributed by atoms with Crippen molar-refractivity contribution in [1.82, 2.24) is 4.98 Å². The zero-order valence-corrected chi connectivity index (χ0v) is 9.16. The third kappa shape index (κ3) is 2.31. The van der Waals surface area contributed by atoms with E-state index in [0.717, 1.165) is 12.1 Å². The van der Waals surface area contributed by atoms with Gasteiger partial charge < -0.3 is 10.3 Å². The third-order valence-corrected chi connectivity index (χ3v) is 2.44. The monoisotopic (exact) mass is 214 g/mol. The fraction of sp³-hybridized carbons (Fsp3) is 0.154. The van der Waals surface area contributed by atoms with Gasteiger partial charge in [0.05, 0.1) is 0 Å². The predicted molar refractivity (Wildman–Crippen MR) is 64.6 cm³/mol. The Hall–Kier alpha value is -2.03. The molecule has 0 fully saturated rings. The van der Waals surface area contributed by atoms with Gasteiger partial charge in [-0.05, 0) is 36.2 Å². The number of benzene rings is 1. The number of carbonyl (C=O) groups is 1. The molecule has 16 heavy (non-hydrogen) atoms. The van der Waals surface area contributed by atoms with Crippen molar-refractivity contribution in [2.24, 2.45) is 0 Å². The average molecular weight is 214 g/mol. The number of carbonyl (C=O) groups excluding carboxylic acids is 1. The molecule has 0 radical (unpaired) electrons. The minimum absolute atomic E-state index is 0.113. The molecule has 0 unspecified atom stereocenters. The summed E-state index contributed by atoms with van der Waals surface area (Å²) in [6.45, 7) is 2.09. The van der Waals surface area contributed by atoms with Gasteiger partial charge in [-0.1, -0.05) is 19.1 Å². The summed E-state index contributed by atoms with van der Waals surface area (Å²) in [7, 11) is 0. The number of aryl methyl sites for hydroxylation is 1. The second-order valence-electron chi connectivity index (χ2n) is 3.59. The van der Waals surface area contributed by atoms with Crippen LogP contribution >= 0.6 is 0 Å². The summed E-state index contributed by atoms with van der Waals surface area (Å²) in [6.07, 6.45) is 2.70. The highest BCUT2D eigenvalue weighted by Crippen LogP contribution is 2.12. The molecule has 1 heterocycles. The highest BCUT2D eigenvalue weighted by molar-refractivity contribution is 6.02. The number of hydrogen-bond donors (Lipinski definition) is 2. The lowest BCUT2D eigenvalue weighted by Crippen LogP contribution is -2.12. The lowest BCUT2D eigenvalue weighted by molar-refractivity contribution is 0.102. The van der Waals surface area contributed by atoms with Crippen molar-refractivity contribution in [2.75, 3.05) is 5.32 Å². The number of H-pyrrole nitrogens is 1. The maximum atomic E-state index is 11.7. The molecular formula is C13H14N2O. The van der Waals surface area contributed by atoms with E-state index < -0.39 is 0 Å². The first-order valence-electron chi connectivity index (χ1n) is 5.33. The molecule has 2 N–H and O–H groups in total. The number of amides is 1. The smallest absolute Gasteiger partial charge is 0.272 e. The van der Waals surface area contributed by atoms with Gasteiger partial charge in [-0.2, -0.15) is 0 Å². The predicted octanol–water partition coefficient (Wildman–Crippen LogP) is 2.83. The molecule has 2 aromatic rings. The molecular weight excluding hydrogens is 200 g/mol. The van der Waals surface area contributed by atoms with Crippen LogP contribution in [0, 0.1) is 0 Å². The van der Waals surface area contributed by atoms with Crippen molar-refractivity contribution in [1.29, 1.82) is 0 Å². The lowest BCUT2D eigenvalue weighted by atomic mass is 10.1. The standard InChI is InChI=1S/C13H14N2O/c1-2-10-5-3-6-11(9-10)15-13(16)12-7-4-8-14-12/h3-9,14H,2H2,1H3,(H,15,16). The van der Waals surface area contributed by atoms with Gasteiger partial charge in [0, 0.05) is 11.9 Å². The number of aromatic nitrogens is 1. The zero-order valence-electron chi connectivity index (χ0n) is 9.16. The number of aromatic amines is 1. The minimum Gasteiger partial charge on any atom is -0.357 e. The molecule has 0 atom stereocenters. The molecule has 0 aliphatic rings. The molecule has 2 rings (SSSR count). The van der Waals surface area contributed by atoms with Crippen LogP contribution in [0.2, 0.25) is 0 Å². The van der Waals surface area contributed by atoms with Crippen LogP contribution in [0.3, 0.4) is 0 Å². The summed E-state index contributed by atoms with van der Waals surface area (Å²) in [6, 6.07) is 11.4. The number of anilines is 1. The first-order valence-corrected chi connectivity index (χ1v) is 5.33. The molecule has 0 saturated carbocycles. The molecule has 0 spiro atoms. The molecule has 0 saturated heterocycles. The van der Waals surface area contributed by atoms with E-state index in [4.69, 9.17) is 0 Å². The van der Waals surface area contributed by atoms with Crippen LogP contribution in [0.25, 0.3) is 0 Å². The molecule has 0 aliphatic heterocycles. The van der Waals surface area contributed by atoms with Gasteiger partial charge in [-0.3, -0.25) is 4.79 Å².